The SMILES string of the molecule is CC/C=C/CC1CCCC(=O)O1. The third kappa shape index (κ3) is 3.07. The molecule has 0 saturated carbocycles. The minimum absolute atomic E-state index is 0.0313. The number of ether oxygens (including phenoxy) is 1. The Hall–Kier alpha value is -0.790. The molecule has 0 spiro atoms. The molecule has 0 radical (unpaired) electrons. The summed E-state index contributed by atoms with van der Waals surface area (Å²) in [6.07, 6.45) is 8.93. The third-order valence-corrected chi connectivity index (χ3v) is 2.01. The molecule has 0 amide bonds. The molecule has 0 aromatic carbocycles. The molecule has 0 bridgehead atoms. The van der Waals surface area contributed by atoms with Crippen LogP contribution < -0.4 is 0 Å². The van der Waals surface area contributed by atoms with E-state index in [0.29, 0.717) is 6.42 Å². The zero-order valence-corrected chi connectivity index (χ0v) is 7.58. The van der Waals surface area contributed by atoms with Gasteiger partial charge >= 0.3 is 5.97 Å². The minimum Gasteiger partial charge on any atom is -0.462 e. The molecule has 68 valence electrons. The van der Waals surface area contributed by atoms with Gasteiger partial charge in [0.1, 0.15) is 6.10 Å². The van der Waals surface area contributed by atoms with Crippen LogP contribution in [-0.2, 0) is 9.53 Å². The highest BCUT2D eigenvalue weighted by atomic mass is 16.5. The number of carbonyl (C=O) groups is 1. The van der Waals surface area contributed by atoms with E-state index < -0.39 is 0 Å². The lowest BCUT2D eigenvalue weighted by molar-refractivity contribution is -0.153. The van der Waals surface area contributed by atoms with Crippen molar-refractivity contribution in [2.45, 2.75) is 45.1 Å². The predicted octanol–water partition coefficient (Wildman–Crippen LogP) is 2.44. The lowest BCUT2D eigenvalue weighted by atomic mass is 10.1. The second kappa shape index (κ2) is 4.96. The maximum absolute atomic E-state index is 10.9. The van der Waals surface area contributed by atoms with Crippen LogP contribution in [0.15, 0.2) is 12.2 Å². The zero-order valence-electron chi connectivity index (χ0n) is 7.58. The Labute approximate surface area is 73.6 Å². The van der Waals surface area contributed by atoms with E-state index in [1.165, 1.54) is 0 Å². The summed E-state index contributed by atoms with van der Waals surface area (Å²) < 4.78 is 5.14. The van der Waals surface area contributed by atoms with Crippen molar-refractivity contribution < 1.29 is 9.53 Å². The summed E-state index contributed by atoms with van der Waals surface area (Å²) >= 11 is 0. The summed E-state index contributed by atoms with van der Waals surface area (Å²) in [7, 11) is 0. The van der Waals surface area contributed by atoms with Crippen LogP contribution in [0.4, 0.5) is 0 Å². The van der Waals surface area contributed by atoms with E-state index in [9.17, 15) is 4.79 Å². The number of allylic oxidation sites excluding steroid dienone is 1. The normalized spacial score (nSPS) is 24.4. The first-order valence-corrected chi connectivity index (χ1v) is 4.67. The second-order valence-corrected chi connectivity index (χ2v) is 3.12. The van der Waals surface area contributed by atoms with Crippen molar-refractivity contribution in [3.63, 3.8) is 0 Å². The molecule has 1 fully saturated rings. The molecule has 1 unspecified atom stereocenters. The monoisotopic (exact) mass is 168 g/mol. The van der Waals surface area contributed by atoms with Crippen molar-refractivity contribution in [3.05, 3.63) is 12.2 Å². The van der Waals surface area contributed by atoms with Gasteiger partial charge in [0, 0.05) is 12.8 Å². The fourth-order valence-corrected chi connectivity index (χ4v) is 1.36. The van der Waals surface area contributed by atoms with Crippen molar-refractivity contribution in [3.8, 4) is 0 Å². The largest absolute Gasteiger partial charge is 0.462 e. The van der Waals surface area contributed by atoms with Crippen molar-refractivity contribution in [1.29, 1.82) is 0 Å². The van der Waals surface area contributed by atoms with Crippen LogP contribution in [-0.4, -0.2) is 12.1 Å². The average Bonchev–Trinajstić information content (AvgIpc) is 2.05. The molecule has 1 heterocycles. The smallest absolute Gasteiger partial charge is 0.306 e. The Morgan fingerprint density at radius 2 is 2.42 bits per heavy atom. The fourth-order valence-electron chi connectivity index (χ4n) is 1.36. The van der Waals surface area contributed by atoms with Crippen LogP contribution >= 0.6 is 0 Å². The van der Waals surface area contributed by atoms with Crippen molar-refractivity contribution in [1.82, 2.24) is 0 Å². The summed E-state index contributed by atoms with van der Waals surface area (Å²) in [4.78, 5) is 10.9. The molecule has 1 saturated heterocycles. The van der Waals surface area contributed by atoms with Gasteiger partial charge in [-0.2, -0.15) is 0 Å². The molecule has 1 rings (SSSR count). The number of esters is 1. The Bertz CT molecular complexity index is 173. The van der Waals surface area contributed by atoms with Gasteiger partial charge in [-0.05, 0) is 19.3 Å². The highest BCUT2D eigenvalue weighted by Crippen LogP contribution is 2.16. The van der Waals surface area contributed by atoms with E-state index in [1.54, 1.807) is 0 Å². The van der Waals surface area contributed by atoms with Crippen molar-refractivity contribution in [2.75, 3.05) is 0 Å². The Kier molecular flexibility index (Phi) is 3.85. The molecular weight excluding hydrogens is 152 g/mol. The van der Waals surface area contributed by atoms with Gasteiger partial charge in [-0.3, -0.25) is 4.79 Å². The predicted molar refractivity (Wildman–Crippen MR) is 47.8 cm³/mol. The van der Waals surface area contributed by atoms with Gasteiger partial charge in [-0.25, -0.2) is 0 Å². The quantitative estimate of drug-likeness (QED) is 0.478. The summed E-state index contributed by atoms with van der Waals surface area (Å²) in [5.41, 5.74) is 0. The van der Waals surface area contributed by atoms with Gasteiger partial charge in [0.05, 0.1) is 0 Å². The van der Waals surface area contributed by atoms with E-state index in [4.69, 9.17) is 4.74 Å². The first-order chi connectivity index (χ1) is 5.83. The Morgan fingerprint density at radius 1 is 1.58 bits per heavy atom. The van der Waals surface area contributed by atoms with Crippen LogP contribution in [0.2, 0.25) is 0 Å². The van der Waals surface area contributed by atoms with Crippen LogP contribution in [0, 0.1) is 0 Å². The summed E-state index contributed by atoms with van der Waals surface area (Å²) in [6.45, 7) is 2.10. The standard InChI is InChI=1S/C10H16O2/c1-2-3-4-6-9-7-5-8-10(11)12-9/h3-4,9H,2,5-8H2,1H3/b4-3+. The molecule has 0 aliphatic carbocycles. The average molecular weight is 168 g/mol. The summed E-state index contributed by atoms with van der Waals surface area (Å²) in [5.74, 6) is -0.0313. The molecule has 12 heavy (non-hydrogen) atoms. The zero-order chi connectivity index (χ0) is 8.81. The van der Waals surface area contributed by atoms with Crippen LogP contribution in [0.3, 0.4) is 0 Å². The molecule has 0 aromatic rings. The molecule has 1 aliphatic heterocycles. The first-order valence-electron chi connectivity index (χ1n) is 4.67. The molecule has 0 N–H and O–H groups in total. The van der Waals surface area contributed by atoms with E-state index in [0.717, 1.165) is 25.7 Å². The summed E-state index contributed by atoms with van der Waals surface area (Å²) in [5, 5.41) is 0. The van der Waals surface area contributed by atoms with E-state index in [1.807, 2.05) is 0 Å². The van der Waals surface area contributed by atoms with Crippen molar-refractivity contribution >= 4 is 5.97 Å². The highest BCUT2D eigenvalue weighted by molar-refractivity contribution is 5.70. The topological polar surface area (TPSA) is 26.3 Å². The van der Waals surface area contributed by atoms with Gasteiger partial charge in [0.2, 0.25) is 0 Å². The Balaban J connectivity index is 2.22. The maximum atomic E-state index is 10.9. The third-order valence-electron chi connectivity index (χ3n) is 2.01. The number of hydrogen-bond acceptors (Lipinski definition) is 2. The van der Waals surface area contributed by atoms with Gasteiger partial charge < -0.3 is 4.74 Å². The van der Waals surface area contributed by atoms with Gasteiger partial charge in [-0.1, -0.05) is 19.1 Å². The molecule has 0 aromatic heterocycles. The second-order valence-electron chi connectivity index (χ2n) is 3.12. The van der Waals surface area contributed by atoms with Crippen LogP contribution in [0.25, 0.3) is 0 Å². The minimum atomic E-state index is -0.0313. The lowest BCUT2D eigenvalue weighted by Crippen LogP contribution is -2.22. The van der Waals surface area contributed by atoms with Gasteiger partial charge in [0.15, 0.2) is 0 Å². The number of rotatable bonds is 3. The highest BCUT2D eigenvalue weighted by Gasteiger charge is 2.18. The molecule has 2 nitrogen and oxygen atoms in total. The number of cyclic esters (lactones) is 1. The molecular formula is C10H16O2. The summed E-state index contributed by atoms with van der Waals surface area (Å²) in [6, 6.07) is 0. The molecule has 1 atom stereocenters. The van der Waals surface area contributed by atoms with E-state index in [2.05, 4.69) is 19.1 Å². The van der Waals surface area contributed by atoms with Gasteiger partial charge in [-0.15, -0.1) is 0 Å². The molecule has 1 aliphatic rings. The lowest BCUT2D eigenvalue weighted by Gasteiger charge is -2.20. The number of hydrogen-bond donors (Lipinski definition) is 0. The van der Waals surface area contributed by atoms with Crippen LogP contribution in [0.5, 0.6) is 0 Å². The fraction of sp³-hybridized carbons (Fsp3) is 0.700. The van der Waals surface area contributed by atoms with Gasteiger partial charge in [0.25, 0.3) is 0 Å². The first kappa shape index (κ1) is 9.30. The number of carbonyl (C=O) groups excluding carboxylic acids is 1. The maximum Gasteiger partial charge on any atom is 0.306 e. The molecule has 2 heteroatoms. The van der Waals surface area contributed by atoms with E-state index in [-0.39, 0.29) is 12.1 Å². The van der Waals surface area contributed by atoms with Crippen LogP contribution in [0.1, 0.15) is 39.0 Å². The Morgan fingerprint density at radius 3 is 3.08 bits per heavy atom. The van der Waals surface area contributed by atoms with Crippen molar-refractivity contribution in [2.24, 2.45) is 0 Å². The van der Waals surface area contributed by atoms with E-state index >= 15 is 0 Å².